The molecule has 0 unspecified atom stereocenters. The number of benzene rings is 8. The van der Waals surface area contributed by atoms with Gasteiger partial charge in [0.1, 0.15) is 11.3 Å². The van der Waals surface area contributed by atoms with E-state index < -0.39 is 0 Å². The molecule has 2 aromatic heterocycles. The van der Waals surface area contributed by atoms with E-state index in [0.29, 0.717) is 0 Å². The van der Waals surface area contributed by atoms with E-state index in [0.717, 1.165) is 46.9 Å². The number of rotatable bonds is 8. The lowest BCUT2D eigenvalue weighted by Crippen LogP contribution is -2.09. The number of nitrogens with zero attached hydrogens (tertiary/aromatic N) is 2. The van der Waals surface area contributed by atoms with Crippen LogP contribution in [-0.2, 0) is 6.42 Å². The van der Waals surface area contributed by atoms with E-state index in [9.17, 15) is 0 Å². The molecule has 61 heavy (non-hydrogen) atoms. The lowest BCUT2D eigenvalue weighted by atomic mass is 9.91. The van der Waals surface area contributed by atoms with Gasteiger partial charge in [0.25, 0.3) is 0 Å². The molecule has 3 heteroatoms. The van der Waals surface area contributed by atoms with Crippen molar-refractivity contribution in [2.24, 2.45) is 0 Å². The number of fused-ring (bicyclic) bond motifs is 6. The van der Waals surface area contributed by atoms with Crippen molar-refractivity contribution in [3.8, 4) is 27.9 Å². The maximum absolute atomic E-state index is 6.43. The van der Waals surface area contributed by atoms with E-state index in [2.05, 4.69) is 223 Å². The molecule has 11 rings (SSSR count). The van der Waals surface area contributed by atoms with E-state index in [-0.39, 0.29) is 0 Å². The summed E-state index contributed by atoms with van der Waals surface area (Å²) in [5.74, 6) is 1.01. The second-order valence-electron chi connectivity index (χ2n) is 15.3. The van der Waals surface area contributed by atoms with Gasteiger partial charge in [0, 0.05) is 50.0 Å². The SMILES string of the molecule is C1=C(c2ccc(N(c3ccccc3)c3ccc(-c4ccc5c(c4)c4ccccc4n5-c4ccc(-c5ccccc5)cc4)cc3)cc2)c2oc3ccccc3c2CC1.C=CC=C. The third-order valence-corrected chi connectivity index (χ3v) is 11.7. The molecule has 0 amide bonds. The van der Waals surface area contributed by atoms with Crippen molar-refractivity contribution in [1.29, 1.82) is 0 Å². The molecule has 0 fully saturated rings. The fraction of sp³-hybridized carbons (Fsp3) is 0.0345. The average molecular weight is 785 g/mol. The molecule has 0 N–H and O–H groups in total. The molecule has 1 aliphatic carbocycles. The van der Waals surface area contributed by atoms with E-state index >= 15 is 0 Å². The standard InChI is InChI=1S/C54H38N2O.C4H6/c1-3-12-37(13-4-1)38-22-31-45(32-23-38)56-51-20-9-7-16-47(51)50-36-41(28-35-52(50)56)39-24-29-43(30-25-39)55(42-14-5-2-6-15-42)44-33-26-40(27-34-44)46-18-11-19-49-48-17-8-10-21-53(48)57-54(46)49;1-3-4-2/h1-10,12-18,20-36H,11,19H2;3-4H,1-2H2. The maximum atomic E-state index is 6.43. The van der Waals surface area contributed by atoms with Crippen LogP contribution in [0.25, 0.3) is 66.3 Å². The molecule has 2 heterocycles. The lowest BCUT2D eigenvalue weighted by molar-refractivity contribution is 0.591. The average Bonchev–Trinajstić information content (AvgIpc) is 3.89. The molecule has 0 bridgehead atoms. The first-order valence-corrected chi connectivity index (χ1v) is 20.9. The van der Waals surface area contributed by atoms with Crippen molar-refractivity contribution in [2.45, 2.75) is 12.8 Å². The number of allylic oxidation sites excluding steroid dienone is 3. The number of aromatic nitrogens is 1. The monoisotopic (exact) mass is 784 g/mol. The van der Waals surface area contributed by atoms with E-state index in [1.807, 2.05) is 6.07 Å². The molecule has 0 saturated carbocycles. The Hall–Kier alpha value is -7.88. The first-order valence-electron chi connectivity index (χ1n) is 20.9. The summed E-state index contributed by atoms with van der Waals surface area (Å²) in [6.45, 7) is 6.72. The molecular formula is C58H44N2O. The quantitative estimate of drug-likeness (QED) is 0.143. The van der Waals surface area contributed by atoms with Gasteiger partial charge in [-0.25, -0.2) is 0 Å². The second kappa shape index (κ2) is 16.4. The number of hydrogen-bond donors (Lipinski definition) is 0. The van der Waals surface area contributed by atoms with Crippen molar-refractivity contribution in [2.75, 3.05) is 4.90 Å². The van der Waals surface area contributed by atoms with Gasteiger partial charge in [-0.1, -0.05) is 159 Å². The normalized spacial score (nSPS) is 12.0. The van der Waals surface area contributed by atoms with Crippen LogP contribution in [-0.4, -0.2) is 4.57 Å². The molecule has 0 saturated heterocycles. The number of aryl methyl sites for hydroxylation is 1. The molecule has 0 atom stereocenters. The number of furan rings is 1. The largest absolute Gasteiger partial charge is 0.456 e. The molecule has 0 radical (unpaired) electrons. The minimum Gasteiger partial charge on any atom is -0.456 e. The maximum Gasteiger partial charge on any atom is 0.138 e. The van der Waals surface area contributed by atoms with Gasteiger partial charge < -0.3 is 13.9 Å². The zero-order valence-corrected chi connectivity index (χ0v) is 33.9. The van der Waals surface area contributed by atoms with E-state index in [4.69, 9.17) is 4.42 Å². The van der Waals surface area contributed by atoms with Crippen LogP contribution in [0.4, 0.5) is 17.1 Å². The van der Waals surface area contributed by atoms with Gasteiger partial charge in [-0.3, -0.25) is 0 Å². The van der Waals surface area contributed by atoms with Gasteiger partial charge in [0.2, 0.25) is 0 Å². The zero-order valence-electron chi connectivity index (χ0n) is 33.9. The predicted molar refractivity (Wildman–Crippen MR) is 258 cm³/mol. The topological polar surface area (TPSA) is 21.3 Å². The summed E-state index contributed by atoms with van der Waals surface area (Å²) in [5.41, 5.74) is 16.3. The highest BCUT2D eigenvalue weighted by Gasteiger charge is 2.22. The number of anilines is 3. The van der Waals surface area contributed by atoms with Gasteiger partial charge in [-0.15, -0.1) is 0 Å². The molecule has 8 aromatic carbocycles. The highest BCUT2D eigenvalue weighted by Crippen LogP contribution is 2.41. The molecular weight excluding hydrogens is 741 g/mol. The Labute approximate surface area is 357 Å². The fourth-order valence-electron chi connectivity index (χ4n) is 8.75. The van der Waals surface area contributed by atoms with Crippen LogP contribution in [0.3, 0.4) is 0 Å². The smallest absolute Gasteiger partial charge is 0.138 e. The fourth-order valence-corrected chi connectivity index (χ4v) is 8.75. The Balaban J connectivity index is 0.00000107. The Morgan fingerprint density at radius 2 is 0.984 bits per heavy atom. The molecule has 10 aromatic rings. The summed E-state index contributed by atoms with van der Waals surface area (Å²) in [6, 6.07) is 72.0. The Bertz CT molecular complexity index is 3180. The van der Waals surface area contributed by atoms with Crippen molar-refractivity contribution in [3.05, 3.63) is 248 Å². The van der Waals surface area contributed by atoms with Gasteiger partial charge in [-0.05, 0) is 113 Å². The minimum atomic E-state index is 0.960. The molecule has 3 nitrogen and oxygen atoms in total. The summed E-state index contributed by atoms with van der Waals surface area (Å²) >= 11 is 0. The van der Waals surface area contributed by atoms with E-state index in [1.54, 1.807) is 12.2 Å². The third kappa shape index (κ3) is 7.07. The lowest BCUT2D eigenvalue weighted by Gasteiger charge is -2.26. The summed E-state index contributed by atoms with van der Waals surface area (Å²) in [6.07, 6.45) is 7.62. The molecule has 0 spiro atoms. The minimum absolute atomic E-state index is 0.960. The third-order valence-electron chi connectivity index (χ3n) is 11.7. The van der Waals surface area contributed by atoms with Gasteiger partial charge >= 0.3 is 0 Å². The van der Waals surface area contributed by atoms with Crippen LogP contribution in [0, 0.1) is 0 Å². The van der Waals surface area contributed by atoms with Crippen molar-refractivity contribution >= 4 is 55.4 Å². The van der Waals surface area contributed by atoms with Gasteiger partial charge in [0.15, 0.2) is 0 Å². The van der Waals surface area contributed by atoms with Gasteiger partial charge in [0.05, 0.1) is 11.0 Å². The molecule has 1 aliphatic rings. The van der Waals surface area contributed by atoms with Crippen molar-refractivity contribution in [3.63, 3.8) is 0 Å². The predicted octanol–water partition coefficient (Wildman–Crippen LogP) is 16.1. The Morgan fingerprint density at radius 1 is 0.459 bits per heavy atom. The highest BCUT2D eigenvalue weighted by molar-refractivity contribution is 6.10. The summed E-state index contributed by atoms with van der Waals surface area (Å²) in [7, 11) is 0. The second-order valence-corrected chi connectivity index (χ2v) is 15.3. The Kier molecular flexibility index (Phi) is 10.1. The summed E-state index contributed by atoms with van der Waals surface area (Å²) in [4.78, 5) is 2.33. The molecule has 292 valence electrons. The first kappa shape index (κ1) is 37.4. The van der Waals surface area contributed by atoms with E-state index in [1.165, 1.54) is 66.1 Å². The summed E-state index contributed by atoms with van der Waals surface area (Å²) < 4.78 is 8.81. The number of para-hydroxylation sites is 3. The van der Waals surface area contributed by atoms with Crippen LogP contribution < -0.4 is 4.90 Å². The van der Waals surface area contributed by atoms with Crippen LogP contribution >= 0.6 is 0 Å². The Morgan fingerprint density at radius 3 is 1.69 bits per heavy atom. The summed E-state index contributed by atoms with van der Waals surface area (Å²) in [5, 5.41) is 3.72. The van der Waals surface area contributed by atoms with Crippen LogP contribution in [0.15, 0.2) is 236 Å². The first-order chi connectivity index (χ1) is 30.2. The van der Waals surface area contributed by atoms with Crippen LogP contribution in [0.1, 0.15) is 23.3 Å². The van der Waals surface area contributed by atoms with Crippen molar-refractivity contribution in [1.82, 2.24) is 4.57 Å². The zero-order chi connectivity index (χ0) is 41.1. The van der Waals surface area contributed by atoms with Crippen molar-refractivity contribution < 1.29 is 4.42 Å². The highest BCUT2D eigenvalue weighted by atomic mass is 16.3. The van der Waals surface area contributed by atoms with Crippen LogP contribution in [0.5, 0.6) is 0 Å². The molecule has 0 aliphatic heterocycles. The number of hydrogen-bond acceptors (Lipinski definition) is 2. The van der Waals surface area contributed by atoms with Gasteiger partial charge in [-0.2, -0.15) is 0 Å². The van der Waals surface area contributed by atoms with Crippen LogP contribution in [0.2, 0.25) is 0 Å².